The van der Waals surface area contributed by atoms with Crippen molar-refractivity contribution < 1.29 is 9.84 Å². The minimum absolute atomic E-state index is 0.215. The number of aliphatic hydroxyl groups excluding tert-OH is 1. The Bertz CT molecular complexity index is 688. The maximum atomic E-state index is 9.86. The summed E-state index contributed by atoms with van der Waals surface area (Å²) in [5.41, 5.74) is 3.34. The van der Waals surface area contributed by atoms with E-state index in [0.29, 0.717) is 24.1 Å². The number of rotatable bonds is 3. The number of para-hydroxylation sites is 1. The van der Waals surface area contributed by atoms with Crippen LogP contribution < -0.4 is 9.64 Å². The van der Waals surface area contributed by atoms with Gasteiger partial charge in [-0.1, -0.05) is 12.1 Å². The van der Waals surface area contributed by atoms with E-state index in [1.165, 1.54) is 56.4 Å². The summed E-state index contributed by atoms with van der Waals surface area (Å²) in [5, 5.41) is 9.86. The second-order valence-electron chi connectivity index (χ2n) is 8.69. The molecule has 3 aliphatic heterocycles. The number of ether oxygens (including phenoxy) is 1. The number of likely N-dealkylation sites (N-methyl/N-ethyl adjacent to an activating group) is 1. The summed E-state index contributed by atoms with van der Waals surface area (Å²) in [6.07, 6.45) is 7.27. The molecular formula is C21H30N2O2. The van der Waals surface area contributed by atoms with Gasteiger partial charge in [0.25, 0.3) is 0 Å². The molecule has 4 nitrogen and oxygen atoms in total. The summed E-state index contributed by atoms with van der Waals surface area (Å²) in [6.45, 7) is 2.76. The predicted octanol–water partition coefficient (Wildman–Crippen LogP) is 2.78. The quantitative estimate of drug-likeness (QED) is 0.916. The standard InChI is InChI=1S/C21H30N2O2/c1-22-17-7-9-20(11-14-24)8-4-12-23-13-10-21(17,19(20)23)15-5-3-6-16(25-2)18(15)22/h3,5-6,17,19,24H,4,7-14H2,1-2H3. The Morgan fingerprint density at radius 3 is 2.92 bits per heavy atom. The van der Waals surface area contributed by atoms with Crippen molar-refractivity contribution >= 4 is 5.69 Å². The van der Waals surface area contributed by atoms with Crippen LogP contribution in [-0.4, -0.2) is 55.9 Å². The first-order chi connectivity index (χ1) is 12.2. The molecule has 4 atom stereocenters. The zero-order valence-electron chi connectivity index (χ0n) is 15.5. The summed E-state index contributed by atoms with van der Waals surface area (Å²) < 4.78 is 5.75. The summed E-state index contributed by atoms with van der Waals surface area (Å²) in [5.74, 6) is 1.02. The van der Waals surface area contributed by atoms with Crippen LogP contribution in [0.1, 0.15) is 44.1 Å². The van der Waals surface area contributed by atoms with Gasteiger partial charge in [-0.3, -0.25) is 4.90 Å². The highest BCUT2D eigenvalue weighted by atomic mass is 16.5. The minimum Gasteiger partial charge on any atom is -0.495 e. The summed E-state index contributed by atoms with van der Waals surface area (Å²) >= 11 is 0. The van der Waals surface area contributed by atoms with Gasteiger partial charge in [-0.2, -0.15) is 0 Å². The number of nitrogens with zero attached hydrogens (tertiary/aromatic N) is 2. The van der Waals surface area contributed by atoms with E-state index in [-0.39, 0.29) is 5.41 Å². The maximum Gasteiger partial charge on any atom is 0.142 e. The number of methoxy groups -OCH3 is 1. The van der Waals surface area contributed by atoms with Crippen molar-refractivity contribution in [1.29, 1.82) is 0 Å². The van der Waals surface area contributed by atoms with Gasteiger partial charge in [0.05, 0.1) is 12.8 Å². The van der Waals surface area contributed by atoms with E-state index < -0.39 is 0 Å². The van der Waals surface area contributed by atoms with E-state index in [4.69, 9.17) is 4.74 Å². The van der Waals surface area contributed by atoms with Crippen LogP contribution in [0, 0.1) is 5.41 Å². The normalized spacial score (nSPS) is 39.1. The maximum absolute atomic E-state index is 9.86. The van der Waals surface area contributed by atoms with Gasteiger partial charge in [0, 0.05) is 31.2 Å². The van der Waals surface area contributed by atoms with Crippen molar-refractivity contribution in [2.45, 2.75) is 56.0 Å². The molecule has 4 heteroatoms. The third kappa shape index (κ3) is 1.80. The monoisotopic (exact) mass is 342 g/mol. The molecule has 1 aliphatic carbocycles. The Balaban J connectivity index is 1.72. The van der Waals surface area contributed by atoms with Crippen LogP contribution in [0.2, 0.25) is 0 Å². The third-order valence-electron chi connectivity index (χ3n) is 8.03. The lowest BCUT2D eigenvalue weighted by molar-refractivity contribution is -0.0447. The highest BCUT2D eigenvalue weighted by Gasteiger charge is 2.67. The number of anilines is 1. The van der Waals surface area contributed by atoms with Gasteiger partial charge < -0.3 is 14.7 Å². The van der Waals surface area contributed by atoms with Crippen molar-refractivity contribution in [3.63, 3.8) is 0 Å². The van der Waals surface area contributed by atoms with Crippen LogP contribution in [0.4, 0.5) is 5.69 Å². The zero-order valence-corrected chi connectivity index (χ0v) is 15.5. The van der Waals surface area contributed by atoms with Crippen molar-refractivity contribution in [2.75, 3.05) is 38.8 Å². The lowest BCUT2D eigenvalue weighted by Crippen LogP contribution is -2.64. The van der Waals surface area contributed by atoms with Crippen LogP contribution >= 0.6 is 0 Å². The molecule has 136 valence electrons. The Morgan fingerprint density at radius 2 is 2.12 bits per heavy atom. The lowest BCUT2D eigenvalue weighted by atomic mass is 9.52. The van der Waals surface area contributed by atoms with E-state index in [2.05, 4.69) is 35.0 Å². The van der Waals surface area contributed by atoms with Gasteiger partial charge in [0.15, 0.2) is 0 Å². The second-order valence-corrected chi connectivity index (χ2v) is 8.69. The number of aliphatic hydroxyl groups is 1. The molecule has 1 aromatic rings. The molecule has 4 unspecified atom stereocenters. The van der Waals surface area contributed by atoms with Gasteiger partial charge in [-0.05, 0) is 68.7 Å². The largest absolute Gasteiger partial charge is 0.495 e. The molecule has 4 aliphatic rings. The van der Waals surface area contributed by atoms with Gasteiger partial charge in [-0.15, -0.1) is 0 Å². The van der Waals surface area contributed by atoms with Crippen LogP contribution in [0.15, 0.2) is 18.2 Å². The van der Waals surface area contributed by atoms with Gasteiger partial charge >= 0.3 is 0 Å². The van der Waals surface area contributed by atoms with Crippen LogP contribution in [0.5, 0.6) is 5.75 Å². The van der Waals surface area contributed by atoms with E-state index in [1.54, 1.807) is 7.11 Å². The first-order valence-electron chi connectivity index (χ1n) is 9.93. The molecule has 1 N–H and O–H groups in total. The van der Waals surface area contributed by atoms with E-state index in [9.17, 15) is 5.11 Å². The zero-order chi connectivity index (χ0) is 17.2. The van der Waals surface area contributed by atoms with Gasteiger partial charge in [-0.25, -0.2) is 0 Å². The molecule has 0 aromatic heterocycles. The highest BCUT2D eigenvalue weighted by Crippen LogP contribution is 2.66. The Labute approximate surface area is 150 Å². The summed E-state index contributed by atoms with van der Waals surface area (Å²) in [4.78, 5) is 5.29. The first-order valence-corrected chi connectivity index (χ1v) is 9.93. The van der Waals surface area contributed by atoms with Crippen LogP contribution in [0.3, 0.4) is 0 Å². The minimum atomic E-state index is 0.215. The number of benzene rings is 1. The van der Waals surface area contributed by atoms with Crippen molar-refractivity contribution in [2.24, 2.45) is 5.41 Å². The molecule has 5 rings (SSSR count). The molecule has 1 aromatic carbocycles. The first kappa shape index (κ1) is 16.0. The fourth-order valence-corrected chi connectivity index (χ4v) is 7.35. The van der Waals surface area contributed by atoms with Gasteiger partial charge in [0.1, 0.15) is 5.75 Å². The molecule has 25 heavy (non-hydrogen) atoms. The van der Waals surface area contributed by atoms with E-state index >= 15 is 0 Å². The van der Waals surface area contributed by atoms with Crippen LogP contribution in [0.25, 0.3) is 0 Å². The second kappa shape index (κ2) is 5.37. The summed E-state index contributed by atoms with van der Waals surface area (Å²) in [6, 6.07) is 7.80. The number of piperidine rings is 1. The number of hydrogen-bond acceptors (Lipinski definition) is 4. The Hall–Kier alpha value is -1.26. The average Bonchev–Trinajstić information content (AvgIpc) is 3.14. The third-order valence-corrected chi connectivity index (χ3v) is 8.03. The molecule has 3 heterocycles. The molecule has 1 spiro atoms. The molecule has 0 bridgehead atoms. The number of fused-ring (bicyclic) bond motifs is 1. The predicted molar refractivity (Wildman–Crippen MR) is 99.4 cm³/mol. The topological polar surface area (TPSA) is 35.9 Å². The van der Waals surface area contributed by atoms with Crippen molar-refractivity contribution in [1.82, 2.24) is 4.90 Å². The molecule has 0 radical (unpaired) electrons. The molecule has 1 saturated carbocycles. The smallest absolute Gasteiger partial charge is 0.142 e. The van der Waals surface area contributed by atoms with Crippen molar-refractivity contribution in [3.8, 4) is 5.75 Å². The highest BCUT2D eigenvalue weighted by molar-refractivity contribution is 5.73. The van der Waals surface area contributed by atoms with Gasteiger partial charge in [0.2, 0.25) is 0 Å². The Morgan fingerprint density at radius 1 is 1.24 bits per heavy atom. The van der Waals surface area contributed by atoms with E-state index in [0.717, 1.165) is 12.2 Å². The SMILES string of the molecule is COc1cccc2c1N(C)C1CCC3(CCO)CCCN4CCC21C43. The fraction of sp³-hybridized carbons (Fsp3) is 0.714. The van der Waals surface area contributed by atoms with Crippen molar-refractivity contribution in [3.05, 3.63) is 23.8 Å². The van der Waals surface area contributed by atoms with Crippen LogP contribution in [-0.2, 0) is 5.41 Å². The van der Waals surface area contributed by atoms with E-state index in [1.807, 2.05) is 0 Å². The molecule has 0 amide bonds. The Kier molecular flexibility index (Phi) is 3.43. The molecule has 2 saturated heterocycles. The molecule has 3 fully saturated rings. The average molecular weight is 342 g/mol. The molecular weight excluding hydrogens is 312 g/mol. The lowest BCUT2D eigenvalue weighted by Gasteiger charge is -2.58. The summed E-state index contributed by atoms with van der Waals surface area (Å²) in [7, 11) is 4.06. The number of hydrogen-bond donors (Lipinski definition) is 1. The fourth-order valence-electron chi connectivity index (χ4n) is 7.35.